The van der Waals surface area contributed by atoms with Crippen molar-refractivity contribution in [3.8, 4) is 5.75 Å². The summed E-state index contributed by atoms with van der Waals surface area (Å²) in [4.78, 5) is 0. The number of phenols is 1. The number of ether oxygens (including phenoxy) is 1. The van der Waals surface area contributed by atoms with Gasteiger partial charge in [0.2, 0.25) is 0 Å². The minimum absolute atomic E-state index is 0.0825. The van der Waals surface area contributed by atoms with Crippen molar-refractivity contribution < 1.29 is 9.84 Å². The second-order valence-corrected chi connectivity index (χ2v) is 3.75. The molecule has 1 aromatic carbocycles. The van der Waals surface area contributed by atoms with E-state index in [1.165, 1.54) is 0 Å². The molecule has 1 atom stereocenters. The number of rotatable bonds is 2. The van der Waals surface area contributed by atoms with E-state index in [1.807, 2.05) is 19.1 Å². The van der Waals surface area contributed by atoms with Gasteiger partial charge in [-0.2, -0.15) is 0 Å². The third-order valence-electron chi connectivity index (χ3n) is 1.79. The van der Waals surface area contributed by atoms with Gasteiger partial charge >= 0.3 is 0 Å². The van der Waals surface area contributed by atoms with Gasteiger partial charge in [0.25, 0.3) is 0 Å². The molecule has 1 unspecified atom stereocenters. The summed E-state index contributed by atoms with van der Waals surface area (Å²) in [5, 5.41) is 9.25. The molecule has 0 aromatic heterocycles. The molecule has 0 fully saturated rings. The number of aromatic hydroxyl groups is 1. The van der Waals surface area contributed by atoms with E-state index in [9.17, 15) is 5.11 Å². The molecule has 0 spiro atoms. The summed E-state index contributed by atoms with van der Waals surface area (Å²) < 4.78 is 6.00. The van der Waals surface area contributed by atoms with Crippen molar-refractivity contribution in [2.45, 2.75) is 13.0 Å². The lowest BCUT2D eigenvalue weighted by Gasteiger charge is -2.10. The van der Waals surface area contributed by atoms with Gasteiger partial charge in [-0.3, -0.25) is 0 Å². The molecule has 1 aromatic rings. The first-order chi connectivity index (χ1) is 5.65. The largest absolute Gasteiger partial charge is 0.507 e. The van der Waals surface area contributed by atoms with E-state index in [0.717, 1.165) is 9.13 Å². The summed E-state index contributed by atoms with van der Waals surface area (Å²) >= 11 is 2.09. The Morgan fingerprint density at radius 3 is 2.67 bits per heavy atom. The topological polar surface area (TPSA) is 29.5 Å². The summed E-state index contributed by atoms with van der Waals surface area (Å²) in [6.07, 6.45) is 0.0825. The quantitative estimate of drug-likeness (QED) is 0.843. The molecule has 0 amide bonds. The van der Waals surface area contributed by atoms with Gasteiger partial charge in [0, 0.05) is 7.11 Å². The van der Waals surface area contributed by atoms with Gasteiger partial charge in [0.15, 0.2) is 0 Å². The maximum Gasteiger partial charge on any atom is 0.128 e. The van der Waals surface area contributed by atoms with Crippen LogP contribution in [0.2, 0.25) is 0 Å². The fourth-order valence-corrected chi connectivity index (χ4v) is 1.45. The summed E-state index contributed by atoms with van der Waals surface area (Å²) in [7, 11) is 1.67. The molecule has 1 N–H and O–H groups in total. The summed E-state index contributed by atoms with van der Waals surface area (Å²) in [6, 6.07) is 5.47. The second-order valence-electron chi connectivity index (χ2n) is 2.59. The number of hydrogen-bond donors (Lipinski definition) is 1. The fourth-order valence-electron chi connectivity index (χ4n) is 0.912. The molecule has 12 heavy (non-hydrogen) atoms. The van der Waals surface area contributed by atoms with Crippen molar-refractivity contribution in [3.05, 3.63) is 27.3 Å². The average molecular weight is 278 g/mol. The highest BCUT2D eigenvalue weighted by molar-refractivity contribution is 14.1. The van der Waals surface area contributed by atoms with E-state index in [0.29, 0.717) is 5.75 Å². The van der Waals surface area contributed by atoms with Crippen molar-refractivity contribution in [1.29, 1.82) is 0 Å². The van der Waals surface area contributed by atoms with Gasteiger partial charge in [-0.05, 0) is 47.2 Å². The minimum atomic E-state index is 0.0825. The number of hydrogen-bond acceptors (Lipinski definition) is 2. The van der Waals surface area contributed by atoms with Crippen LogP contribution in [0.25, 0.3) is 0 Å². The zero-order valence-electron chi connectivity index (χ0n) is 7.04. The first-order valence-electron chi connectivity index (χ1n) is 3.66. The molecule has 0 radical (unpaired) electrons. The minimum Gasteiger partial charge on any atom is -0.507 e. The van der Waals surface area contributed by atoms with E-state index in [2.05, 4.69) is 22.6 Å². The van der Waals surface area contributed by atoms with E-state index in [4.69, 9.17) is 4.74 Å². The highest BCUT2D eigenvalue weighted by Gasteiger charge is 2.05. The Labute approximate surface area is 85.7 Å². The van der Waals surface area contributed by atoms with Crippen molar-refractivity contribution in [1.82, 2.24) is 0 Å². The van der Waals surface area contributed by atoms with Gasteiger partial charge < -0.3 is 9.84 Å². The normalized spacial score (nSPS) is 12.9. The van der Waals surface area contributed by atoms with Crippen molar-refractivity contribution in [3.63, 3.8) is 0 Å². The third kappa shape index (κ3) is 2.10. The number of methoxy groups -OCH3 is 1. The molecule has 0 aliphatic carbocycles. The van der Waals surface area contributed by atoms with E-state index < -0.39 is 0 Å². The highest BCUT2D eigenvalue weighted by atomic mass is 127. The zero-order valence-corrected chi connectivity index (χ0v) is 9.20. The predicted molar refractivity (Wildman–Crippen MR) is 56.2 cm³/mol. The number of halogens is 1. The molecular weight excluding hydrogens is 267 g/mol. The van der Waals surface area contributed by atoms with E-state index in [-0.39, 0.29) is 6.10 Å². The van der Waals surface area contributed by atoms with Gasteiger partial charge in [-0.25, -0.2) is 0 Å². The lowest BCUT2D eigenvalue weighted by atomic mass is 10.1. The zero-order chi connectivity index (χ0) is 9.14. The predicted octanol–water partition coefficient (Wildman–Crippen LogP) is 2.70. The van der Waals surface area contributed by atoms with E-state index in [1.54, 1.807) is 13.2 Å². The van der Waals surface area contributed by atoms with Crippen molar-refractivity contribution >= 4 is 22.6 Å². The lowest BCUT2D eigenvalue weighted by Crippen LogP contribution is -1.95. The molecular formula is C9H11IO2. The summed E-state index contributed by atoms with van der Waals surface area (Å²) in [6.45, 7) is 1.97. The molecule has 3 heteroatoms. The monoisotopic (exact) mass is 278 g/mol. The Morgan fingerprint density at radius 2 is 2.17 bits per heavy atom. The van der Waals surface area contributed by atoms with Crippen LogP contribution >= 0.6 is 22.6 Å². The van der Waals surface area contributed by atoms with Gasteiger partial charge in [-0.15, -0.1) is 0 Å². The van der Waals surface area contributed by atoms with Crippen LogP contribution < -0.4 is 0 Å². The molecule has 0 bridgehead atoms. The van der Waals surface area contributed by atoms with Gasteiger partial charge in [-0.1, -0.05) is 6.07 Å². The van der Waals surface area contributed by atoms with Crippen LogP contribution in [-0.4, -0.2) is 12.2 Å². The standard InChI is InChI=1S/C9H11IO2/c1-6(12-2)7-3-4-9(11)8(10)5-7/h3-6,11H,1-2H3. The molecule has 0 heterocycles. The second kappa shape index (κ2) is 4.09. The molecule has 66 valence electrons. The number of phenolic OH excluding ortho intramolecular Hbond substituents is 1. The SMILES string of the molecule is COC(C)c1ccc(O)c(I)c1. The van der Waals surface area contributed by atoms with Crippen LogP contribution in [0.15, 0.2) is 18.2 Å². The third-order valence-corrected chi connectivity index (χ3v) is 2.66. The van der Waals surface area contributed by atoms with Gasteiger partial charge in [0.05, 0.1) is 9.67 Å². The molecule has 2 nitrogen and oxygen atoms in total. The smallest absolute Gasteiger partial charge is 0.128 e. The Kier molecular flexibility index (Phi) is 3.34. The van der Waals surface area contributed by atoms with Crippen molar-refractivity contribution in [2.75, 3.05) is 7.11 Å². The Hall–Kier alpha value is -0.290. The first kappa shape index (κ1) is 9.80. The Morgan fingerprint density at radius 1 is 1.50 bits per heavy atom. The van der Waals surface area contributed by atoms with Crippen LogP contribution in [0.3, 0.4) is 0 Å². The fraction of sp³-hybridized carbons (Fsp3) is 0.333. The number of benzene rings is 1. The van der Waals surface area contributed by atoms with Crippen LogP contribution in [0.1, 0.15) is 18.6 Å². The van der Waals surface area contributed by atoms with Crippen LogP contribution in [0, 0.1) is 3.57 Å². The summed E-state index contributed by atoms with van der Waals surface area (Å²) in [5.41, 5.74) is 1.08. The summed E-state index contributed by atoms with van der Waals surface area (Å²) in [5.74, 6) is 0.322. The van der Waals surface area contributed by atoms with E-state index >= 15 is 0 Å². The van der Waals surface area contributed by atoms with Crippen LogP contribution in [0.5, 0.6) is 5.75 Å². The molecule has 0 aliphatic heterocycles. The molecule has 0 aliphatic rings. The molecule has 1 rings (SSSR count). The van der Waals surface area contributed by atoms with Crippen LogP contribution in [-0.2, 0) is 4.74 Å². The lowest BCUT2D eigenvalue weighted by molar-refractivity contribution is 0.119. The molecule has 0 saturated heterocycles. The maximum absolute atomic E-state index is 9.25. The van der Waals surface area contributed by atoms with Gasteiger partial charge in [0.1, 0.15) is 5.75 Å². The Balaban J connectivity index is 2.96. The first-order valence-corrected chi connectivity index (χ1v) is 4.74. The highest BCUT2D eigenvalue weighted by Crippen LogP contribution is 2.24. The molecule has 0 saturated carbocycles. The Bertz CT molecular complexity index is 273. The maximum atomic E-state index is 9.25. The van der Waals surface area contributed by atoms with Crippen molar-refractivity contribution in [2.24, 2.45) is 0 Å². The average Bonchev–Trinajstić information content (AvgIpc) is 2.08. The van der Waals surface area contributed by atoms with Crippen LogP contribution in [0.4, 0.5) is 0 Å².